The average molecular weight is 217 g/mol. The minimum atomic E-state index is -0.332. The average Bonchev–Trinajstić information content (AvgIpc) is 2.14. The summed E-state index contributed by atoms with van der Waals surface area (Å²) in [5.74, 6) is 5.66. The summed E-state index contributed by atoms with van der Waals surface area (Å²) >= 11 is 0.782. The summed E-state index contributed by atoms with van der Waals surface area (Å²) in [6, 6.07) is 0. The van der Waals surface area contributed by atoms with Crippen LogP contribution in [0.25, 0.3) is 0 Å². The summed E-state index contributed by atoms with van der Waals surface area (Å²) in [6.45, 7) is 4.60. The lowest BCUT2D eigenvalue weighted by atomic mass is 10.0. The Morgan fingerprint density at radius 1 is 1.50 bits per heavy atom. The van der Waals surface area contributed by atoms with E-state index in [9.17, 15) is 5.11 Å². The lowest BCUT2D eigenvalue weighted by Crippen LogP contribution is -2.41. The van der Waals surface area contributed by atoms with Crippen LogP contribution in [-0.4, -0.2) is 52.2 Å². The third kappa shape index (κ3) is 4.77. The second-order valence-corrected chi connectivity index (χ2v) is 4.37. The van der Waals surface area contributed by atoms with Gasteiger partial charge in [0.15, 0.2) is 0 Å². The number of hydrogen-bond acceptors (Lipinski definition) is 2. The standard InChI is InChI=1S/C10H19NO2S/c1-10(2,11(3)7-8-12)6-5-9(13)14-4/h12-14H,7-8H2,1-4H3. The number of thiol groups is 1. The van der Waals surface area contributed by atoms with Crippen molar-refractivity contribution >= 4 is 16.4 Å². The zero-order chi connectivity index (χ0) is 11.2. The van der Waals surface area contributed by atoms with E-state index >= 15 is 0 Å². The maximum absolute atomic E-state index is 9.20. The van der Waals surface area contributed by atoms with Crippen molar-refractivity contribution in [1.82, 2.24) is 4.90 Å². The Hall–Kier alpha value is -0.340. The molecule has 0 aromatic carbocycles. The van der Waals surface area contributed by atoms with Gasteiger partial charge in [-0.05, 0) is 33.1 Å². The molecule has 3 nitrogen and oxygen atoms in total. The summed E-state index contributed by atoms with van der Waals surface area (Å²) < 4.78 is 0. The molecule has 0 fully saturated rings. The van der Waals surface area contributed by atoms with Gasteiger partial charge in [0.25, 0.3) is 0 Å². The van der Waals surface area contributed by atoms with Gasteiger partial charge in [0.2, 0.25) is 0 Å². The number of aliphatic hydroxyl groups excluding tert-OH is 2. The zero-order valence-corrected chi connectivity index (χ0v) is 10.1. The maximum atomic E-state index is 9.20. The summed E-state index contributed by atoms with van der Waals surface area (Å²) in [6.07, 6.45) is 1.83. The molecule has 0 saturated heterocycles. The first-order valence-electron chi connectivity index (χ1n) is 4.45. The molecule has 0 aromatic heterocycles. The molecule has 14 heavy (non-hydrogen) atoms. The predicted octanol–water partition coefficient (Wildman–Crippen LogP) is 0.476. The monoisotopic (exact) mass is 217 g/mol. The SMILES string of the molecule is C[SH]=C(O)C#CC(C)(C)N(C)CCO. The first-order valence-corrected chi connectivity index (χ1v) is 5.79. The highest BCUT2D eigenvalue weighted by Gasteiger charge is 2.19. The van der Waals surface area contributed by atoms with Crippen LogP contribution in [0.15, 0.2) is 0 Å². The fraction of sp³-hybridized carbons (Fsp3) is 0.700. The van der Waals surface area contributed by atoms with Gasteiger partial charge in [-0.2, -0.15) is 11.4 Å². The molecule has 0 rings (SSSR count). The third-order valence-electron chi connectivity index (χ3n) is 2.08. The van der Waals surface area contributed by atoms with Crippen LogP contribution in [0, 0.1) is 11.8 Å². The predicted molar refractivity (Wildman–Crippen MR) is 64.1 cm³/mol. The Morgan fingerprint density at radius 3 is 2.50 bits per heavy atom. The second kappa shape index (κ2) is 6.20. The molecule has 0 unspecified atom stereocenters. The molecule has 0 spiro atoms. The molecular weight excluding hydrogens is 198 g/mol. The van der Waals surface area contributed by atoms with Crippen LogP contribution in [0.5, 0.6) is 0 Å². The van der Waals surface area contributed by atoms with Crippen molar-refractivity contribution in [1.29, 1.82) is 0 Å². The molecule has 0 atom stereocenters. The molecule has 0 aromatic rings. The summed E-state index contributed by atoms with van der Waals surface area (Å²) in [7, 11) is 1.89. The van der Waals surface area contributed by atoms with Crippen molar-refractivity contribution < 1.29 is 10.2 Å². The van der Waals surface area contributed by atoms with Crippen LogP contribution >= 0.6 is 11.4 Å². The highest BCUT2D eigenvalue weighted by Crippen LogP contribution is 2.09. The minimum absolute atomic E-state index is 0.114. The van der Waals surface area contributed by atoms with Crippen LogP contribution < -0.4 is 0 Å². The van der Waals surface area contributed by atoms with E-state index in [4.69, 9.17) is 5.11 Å². The number of likely N-dealkylation sites (N-methyl/N-ethyl adjacent to an activating group) is 1. The maximum Gasteiger partial charge on any atom is 0.145 e. The molecular formula is C10H19NO2S. The molecule has 0 aliphatic rings. The quantitative estimate of drug-likeness (QED) is 0.366. The lowest BCUT2D eigenvalue weighted by Gasteiger charge is -2.30. The van der Waals surface area contributed by atoms with Crippen LogP contribution in [0.4, 0.5) is 0 Å². The van der Waals surface area contributed by atoms with Gasteiger partial charge in [-0.25, -0.2) is 0 Å². The van der Waals surface area contributed by atoms with Crippen molar-refractivity contribution in [3.8, 4) is 11.8 Å². The van der Waals surface area contributed by atoms with E-state index in [0.29, 0.717) is 6.54 Å². The zero-order valence-electron chi connectivity index (χ0n) is 9.20. The number of rotatable bonds is 3. The number of aliphatic hydroxyl groups is 2. The largest absolute Gasteiger partial charge is 0.395 e. The molecule has 0 radical (unpaired) electrons. The molecule has 0 aliphatic carbocycles. The van der Waals surface area contributed by atoms with Crippen molar-refractivity contribution in [2.45, 2.75) is 19.4 Å². The lowest BCUT2D eigenvalue weighted by molar-refractivity contribution is 0.162. The molecule has 0 saturated carbocycles. The fourth-order valence-corrected chi connectivity index (χ4v) is 0.957. The van der Waals surface area contributed by atoms with Crippen molar-refractivity contribution in [3.63, 3.8) is 0 Å². The molecule has 82 valence electrons. The van der Waals surface area contributed by atoms with Crippen molar-refractivity contribution in [2.75, 3.05) is 26.5 Å². The second-order valence-electron chi connectivity index (χ2n) is 3.50. The smallest absolute Gasteiger partial charge is 0.145 e. The van der Waals surface area contributed by atoms with Crippen molar-refractivity contribution in [3.05, 3.63) is 0 Å². The Bertz CT molecular complexity index is 263. The van der Waals surface area contributed by atoms with Gasteiger partial charge < -0.3 is 10.2 Å². The highest BCUT2D eigenvalue weighted by molar-refractivity contribution is 7.98. The van der Waals surface area contributed by atoms with Gasteiger partial charge in [0.05, 0.1) is 12.1 Å². The van der Waals surface area contributed by atoms with E-state index in [0.717, 1.165) is 11.4 Å². The van der Waals surface area contributed by atoms with Gasteiger partial charge in [-0.15, -0.1) is 0 Å². The minimum Gasteiger partial charge on any atom is -0.395 e. The number of nitrogens with zero attached hydrogens (tertiary/aromatic N) is 1. The van der Waals surface area contributed by atoms with Gasteiger partial charge in [-0.1, -0.05) is 5.92 Å². The molecule has 0 bridgehead atoms. The van der Waals surface area contributed by atoms with E-state index in [-0.39, 0.29) is 17.2 Å². The molecule has 0 aliphatic heterocycles. The van der Waals surface area contributed by atoms with Crippen LogP contribution in [0.2, 0.25) is 0 Å². The summed E-state index contributed by atoms with van der Waals surface area (Å²) in [5.41, 5.74) is -0.332. The summed E-state index contributed by atoms with van der Waals surface area (Å²) in [5, 5.41) is 18.1. The van der Waals surface area contributed by atoms with E-state index < -0.39 is 0 Å². The van der Waals surface area contributed by atoms with Crippen LogP contribution in [0.3, 0.4) is 0 Å². The van der Waals surface area contributed by atoms with Gasteiger partial charge in [0, 0.05) is 6.54 Å². The van der Waals surface area contributed by atoms with Crippen LogP contribution in [-0.2, 0) is 0 Å². The van der Waals surface area contributed by atoms with Gasteiger partial charge in [0.1, 0.15) is 5.05 Å². The van der Waals surface area contributed by atoms with Gasteiger partial charge >= 0.3 is 0 Å². The molecule has 4 heteroatoms. The Morgan fingerprint density at radius 2 is 2.07 bits per heavy atom. The normalized spacial score (nSPS) is 13.2. The summed E-state index contributed by atoms with van der Waals surface area (Å²) in [4.78, 5) is 1.94. The van der Waals surface area contributed by atoms with Crippen LogP contribution in [0.1, 0.15) is 13.8 Å². The molecule has 0 amide bonds. The molecule has 2 N–H and O–H groups in total. The molecule has 0 heterocycles. The number of β-amino-alcohol motifs (C(OH)–C–C–N with tert-alkyl or cyclic N) is 1. The Labute approximate surface area is 89.7 Å². The van der Waals surface area contributed by atoms with E-state index in [1.165, 1.54) is 0 Å². The fourth-order valence-electron chi connectivity index (χ4n) is 0.790. The first-order chi connectivity index (χ1) is 6.44. The highest BCUT2D eigenvalue weighted by atomic mass is 32.1. The Balaban J connectivity index is 4.51. The van der Waals surface area contributed by atoms with E-state index in [1.807, 2.05) is 32.1 Å². The number of hydrogen-bond donors (Lipinski definition) is 3. The van der Waals surface area contributed by atoms with E-state index in [2.05, 4.69) is 11.8 Å². The first kappa shape index (κ1) is 13.7. The van der Waals surface area contributed by atoms with E-state index in [1.54, 1.807) is 0 Å². The topological polar surface area (TPSA) is 43.7 Å². The third-order valence-corrected chi connectivity index (χ3v) is 2.62. The van der Waals surface area contributed by atoms with Gasteiger partial charge in [-0.3, -0.25) is 4.90 Å². The van der Waals surface area contributed by atoms with Crippen molar-refractivity contribution in [2.24, 2.45) is 0 Å². The Kier molecular flexibility index (Phi) is 6.05.